The van der Waals surface area contributed by atoms with Crippen molar-refractivity contribution in [1.29, 1.82) is 0 Å². The summed E-state index contributed by atoms with van der Waals surface area (Å²) in [5, 5.41) is 14.0. The van der Waals surface area contributed by atoms with Crippen molar-refractivity contribution in [1.82, 2.24) is 10.0 Å². The fraction of sp³-hybridized carbons (Fsp3) is 0.125. The molecule has 0 spiro atoms. The number of hydrogen-bond donors (Lipinski definition) is 4. The van der Waals surface area contributed by atoms with Gasteiger partial charge in [-0.2, -0.15) is 0 Å². The summed E-state index contributed by atoms with van der Waals surface area (Å²) in [7, 11) is -2.66. The molecule has 2 amide bonds. The summed E-state index contributed by atoms with van der Waals surface area (Å²) in [6.07, 6.45) is 0. The van der Waals surface area contributed by atoms with Crippen molar-refractivity contribution in [3.63, 3.8) is 0 Å². The number of benzene rings is 2. The van der Waals surface area contributed by atoms with Crippen LogP contribution in [0.25, 0.3) is 0 Å². The summed E-state index contributed by atoms with van der Waals surface area (Å²) in [5.74, 6) is -1.09. The maximum atomic E-state index is 12.4. The van der Waals surface area contributed by atoms with E-state index in [1.165, 1.54) is 49.5 Å². The molecule has 0 aliphatic rings. The second-order valence-corrected chi connectivity index (χ2v) is 6.73. The van der Waals surface area contributed by atoms with Crippen LogP contribution in [0.5, 0.6) is 5.75 Å². The number of rotatable bonds is 6. The first kappa shape index (κ1) is 18.4. The summed E-state index contributed by atoms with van der Waals surface area (Å²) >= 11 is 0. The number of hydrogen-bond acceptors (Lipinski definition) is 5. The lowest BCUT2D eigenvalue weighted by atomic mass is 10.2. The second kappa shape index (κ2) is 7.77. The van der Waals surface area contributed by atoms with Gasteiger partial charge in [0.1, 0.15) is 5.75 Å². The maximum Gasteiger partial charge on any atom is 0.252 e. The summed E-state index contributed by atoms with van der Waals surface area (Å²) in [6.45, 7) is -0.509. The van der Waals surface area contributed by atoms with E-state index >= 15 is 0 Å². The molecular formula is C16H17N3O5S. The quantitative estimate of drug-likeness (QED) is 0.562. The molecule has 0 fully saturated rings. The molecule has 0 saturated carbocycles. The predicted octanol–water partition coefficient (Wildman–Crippen LogP) is 0.669. The number of anilines is 1. The Hall–Kier alpha value is -2.91. The zero-order valence-electron chi connectivity index (χ0n) is 13.3. The summed E-state index contributed by atoms with van der Waals surface area (Å²) in [4.78, 5) is 23.4. The van der Waals surface area contributed by atoms with Crippen LogP contribution < -0.4 is 15.4 Å². The SMILES string of the molecule is CNC(=O)c1ccccc1S(=O)(=O)NCC(=O)Nc1ccc(O)cc1. The molecule has 132 valence electrons. The minimum Gasteiger partial charge on any atom is -0.508 e. The molecule has 0 atom stereocenters. The molecule has 0 radical (unpaired) electrons. The van der Waals surface area contributed by atoms with Gasteiger partial charge in [-0.3, -0.25) is 9.59 Å². The number of aromatic hydroxyl groups is 1. The van der Waals surface area contributed by atoms with Crippen LogP contribution in [0.3, 0.4) is 0 Å². The van der Waals surface area contributed by atoms with Gasteiger partial charge in [0.2, 0.25) is 15.9 Å². The van der Waals surface area contributed by atoms with Gasteiger partial charge in [-0.15, -0.1) is 0 Å². The first-order chi connectivity index (χ1) is 11.8. The van der Waals surface area contributed by atoms with Crippen molar-refractivity contribution < 1.29 is 23.1 Å². The number of sulfonamides is 1. The number of phenols is 1. The van der Waals surface area contributed by atoms with Crippen LogP contribution in [0.15, 0.2) is 53.4 Å². The summed E-state index contributed by atoms with van der Waals surface area (Å²) in [5.41, 5.74) is 0.393. The summed E-state index contributed by atoms with van der Waals surface area (Å²) in [6, 6.07) is 11.4. The predicted molar refractivity (Wildman–Crippen MR) is 91.8 cm³/mol. The summed E-state index contributed by atoms with van der Waals surface area (Å²) < 4.78 is 26.9. The van der Waals surface area contributed by atoms with E-state index in [0.29, 0.717) is 5.69 Å². The average molecular weight is 363 g/mol. The van der Waals surface area contributed by atoms with Crippen molar-refractivity contribution in [2.24, 2.45) is 0 Å². The fourth-order valence-corrected chi connectivity index (χ4v) is 3.20. The normalized spacial score (nSPS) is 10.9. The molecule has 2 aromatic carbocycles. The van der Waals surface area contributed by atoms with Crippen LogP contribution in [-0.4, -0.2) is 38.9 Å². The van der Waals surface area contributed by atoms with Gasteiger partial charge in [-0.1, -0.05) is 12.1 Å². The zero-order chi connectivity index (χ0) is 18.4. The van der Waals surface area contributed by atoms with Gasteiger partial charge in [0.05, 0.1) is 17.0 Å². The van der Waals surface area contributed by atoms with Crippen molar-refractivity contribution in [2.75, 3.05) is 18.9 Å². The molecule has 2 aromatic rings. The topological polar surface area (TPSA) is 125 Å². The van der Waals surface area contributed by atoms with Crippen molar-refractivity contribution in [2.45, 2.75) is 4.90 Å². The highest BCUT2D eigenvalue weighted by atomic mass is 32.2. The molecular weight excluding hydrogens is 346 g/mol. The molecule has 9 heteroatoms. The monoisotopic (exact) mass is 363 g/mol. The smallest absolute Gasteiger partial charge is 0.252 e. The lowest BCUT2D eigenvalue weighted by Crippen LogP contribution is -2.34. The Morgan fingerprint density at radius 3 is 2.32 bits per heavy atom. The molecule has 0 saturated heterocycles. The number of nitrogens with one attached hydrogen (secondary N) is 3. The number of phenolic OH excluding ortho intramolecular Hbond substituents is 1. The van der Waals surface area contributed by atoms with E-state index < -0.39 is 28.4 Å². The van der Waals surface area contributed by atoms with Gasteiger partial charge in [-0.25, -0.2) is 13.1 Å². The Kier molecular flexibility index (Phi) is 5.73. The van der Waals surface area contributed by atoms with E-state index in [2.05, 4.69) is 15.4 Å². The van der Waals surface area contributed by atoms with Crippen LogP contribution in [0.2, 0.25) is 0 Å². The lowest BCUT2D eigenvalue weighted by molar-refractivity contribution is -0.115. The third kappa shape index (κ3) is 4.78. The van der Waals surface area contributed by atoms with Crippen LogP contribution in [0.1, 0.15) is 10.4 Å². The first-order valence-electron chi connectivity index (χ1n) is 7.23. The van der Waals surface area contributed by atoms with E-state index in [9.17, 15) is 23.1 Å². The van der Waals surface area contributed by atoms with E-state index in [4.69, 9.17) is 0 Å². The molecule has 2 rings (SSSR count). The van der Waals surface area contributed by atoms with Crippen LogP contribution in [0.4, 0.5) is 5.69 Å². The molecule has 0 unspecified atom stereocenters. The highest BCUT2D eigenvalue weighted by molar-refractivity contribution is 7.89. The van der Waals surface area contributed by atoms with Crippen LogP contribution in [-0.2, 0) is 14.8 Å². The minimum absolute atomic E-state index is 0.0172. The van der Waals surface area contributed by atoms with Gasteiger partial charge in [0.25, 0.3) is 5.91 Å². The Morgan fingerprint density at radius 2 is 1.68 bits per heavy atom. The Morgan fingerprint density at radius 1 is 1.04 bits per heavy atom. The van der Waals surface area contributed by atoms with E-state index in [-0.39, 0.29) is 16.2 Å². The molecule has 25 heavy (non-hydrogen) atoms. The largest absolute Gasteiger partial charge is 0.508 e. The standard InChI is InChI=1S/C16H17N3O5S/c1-17-16(22)13-4-2-3-5-14(13)25(23,24)18-10-15(21)19-11-6-8-12(20)9-7-11/h2-9,18,20H,10H2,1H3,(H,17,22)(H,19,21). The van der Waals surface area contributed by atoms with Crippen molar-refractivity contribution in [3.05, 3.63) is 54.1 Å². The number of carbonyl (C=O) groups is 2. The number of carbonyl (C=O) groups excluding carboxylic acids is 2. The Bertz CT molecular complexity index is 879. The van der Waals surface area contributed by atoms with Gasteiger partial charge in [-0.05, 0) is 36.4 Å². The third-order valence-electron chi connectivity index (χ3n) is 3.22. The average Bonchev–Trinajstić information content (AvgIpc) is 2.61. The molecule has 4 N–H and O–H groups in total. The zero-order valence-corrected chi connectivity index (χ0v) is 14.1. The first-order valence-corrected chi connectivity index (χ1v) is 8.71. The van der Waals surface area contributed by atoms with Crippen molar-refractivity contribution >= 4 is 27.5 Å². The van der Waals surface area contributed by atoms with Crippen LogP contribution >= 0.6 is 0 Å². The highest BCUT2D eigenvalue weighted by Crippen LogP contribution is 2.16. The van der Waals surface area contributed by atoms with Gasteiger partial charge >= 0.3 is 0 Å². The highest BCUT2D eigenvalue weighted by Gasteiger charge is 2.22. The van der Waals surface area contributed by atoms with Crippen molar-refractivity contribution in [3.8, 4) is 5.75 Å². The van der Waals surface area contributed by atoms with Crippen LogP contribution in [0, 0.1) is 0 Å². The fourth-order valence-electron chi connectivity index (χ4n) is 2.01. The number of amides is 2. The maximum absolute atomic E-state index is 12.4. The van der Waals surface area contributed by atoms with E-state index in [1.54, 1.807) is 6.07 Å². The molecule has 0 aliphatic carbocycles. The Labute approximate surface area is 144 Å². The van der Waals surface area contributed by atoms with Gasteiger partial charge in [0, 0.05) is 12.7 Å². The third-order valence-corrected chi connectivity index (χ3v) is 4.68. The molecule has 8 nitrogen and oxygen atoms in total. The molecule has 0 aliphatic heterocycles. The molecule has 0 heterocycles. The van der Waals surface area contributed by atoms with E-state index in [0.717, 1.165) is 0 Å². The van der Waals surface area contributed by atoms with E-state index in [1.807, 2.05) is 0 Å². The minimum atomic E-state index is -4.05. The van der Waals surface area contributed by atoms with Gasteiger partial charge in [0.15, 0.2) is 0 Å². The second-order valence-electron chi connectivity index (χ2n) is 4.99. The molecule has 0 aromatic heterocycles. The van der Waals surface area contributed by atoms with Gasteiger partial charge < -0.3 is 15.7 Å². The Balaban J connectivity index is 2.08. The lowest BCUT2D eigenvalue weighted by Gasteiger charge is -2.11. The molecule has 0 bridgehead atoms.